The summed E-state index contributed by atoms with van der Waals surface area (Å²) in [6, 6.07) is 20.4. The van der Waals surface area contributed by atoms with E-state index >= 15 is 0 Å². The van der Waals surface area contributed by atoms with Crippen molar-refractivity contribution < 1.29 is 9.59 Å². The third-order valence-corrected chi connectivity index (χ3v) is 6.85. The first kappa shape index (κ1) is 22.1. The van der Waals surface area contributed by atoms with Crippen molar-refractivity contribution in [1.29, 1.82) is 0 Å². The lowest BCUT2D eigenvalue weighted by molar-refractivity contribution is -0.142. The Labute approximate surface area is 180 Å². The summed E-state index contributed by atoms with van der Waals surface area (Å²) < 4.78 is 0. The molecule has 160 valence electrons. The Morgan fingerprint density at radius 2 is 0.967 bits per heavy atom. The van der Waals surface area contributed by atoms with Crippen LogP contribution in [0.4, 0.5) is 0 Å². The zero-order valence-corrected chi connectivity index (χ0v) is 18.6. The number of rotatable bonds is 6. The molecule has 0 aromatic heterocycles. The average molecular weight is 407 g/mol. The van der Waals surface area contributed by atoms with Crippen LogP contribution in [0.15, 0.2) is 60.7 Å². The summed E-state index contributed by atoms with van der Waals surface area (Å²) in [6.45, 7) is 4.14. The normalized spacial score (nSPS) is 20.8. The van der Waals surface area contributed by atoms with E-state index in [9.17, 15) is 9.59 Å². The van der Waals surface area contributed by atoms with E-state index in [1.165, 1.54) is 0 Å². The molecular formula is C26H34N2O2. The van der Waals surface area contributed by atoms with E-state index in [4.69, 9.17) is 0 Å². The minimum atomic E-state index is 0.0158. The van der Waals surface area contributed by atoms with Gasteiger partial charge in [-0.25, -0.2) is 0 Å². The number of carbonyl (C=O) groups is 2. The highest BCUT2D eigenvalue weighted by Gasteiger charge is 2.34. The lowest BCUT2D eigenvalue weighted by atomic mass is 9.80. The summed E-state index contributed by atoms with van der Waals surface area (Å²) in [4.78, 5) is 29.8. The Hall–Kier alpha value is -2.62. The molecule has 2 atom stereocenters. The van der Waals surface area contributed by atoms with Gasteiger partial charge in [-0.1, -0.05) is 60.7 Å². The molecule has 0 unspecified atom stereocenters. The Kier molecular flexibility index (Phi) is 7.30. The molecule has 2 amide bonds. The molecule has 0 N–H and O–H groups in total. The van der Waals surface area contributed by atoms with E-state index in [1.54, 1.807) is 0 Å². The summed E-state index contributed by atoms with van der Waals surface area (Å²) in [5, 5.41) is 0. The highest BCUT2D eigenvalue weighted by atomic mass is 16.2. The maximum atomic E-state index is 13.0. The van der Waals surface area contributed by atoms with E-state index in [0.717, 1.165) is 36.8 Å². The first-order chi connectivity index (χ1) is 14.4. The SMILES string of the molecule is C[C@H](c1ccccc1)N(C)C(=O)C1CCC(C(=O)N(C)[C@@H](C)c2ccccc2)CC1. The van der Waals surface area contributed by atoms with Crippen LogP contribution in [0, 0.1) is 11.8 Å². The van der Waals surface area contributed by atoms with Crippen molar-refractivity contribution in [1.82, 2.24) is 9.80 Å². The highest BCUT2D eigenvalue weighted by Crippen LogP contribution is 2.34. The van der Waals surface area contributed by atoms with Gasteiger partial charge < -0.3 is 9.80 Å². The molecule has 1 fully saturated rings. The Bertz CT molecular complexity index is 757. The van der Waals surface area contributed by atoms with E-state index in [1.807, 2.05) is 60.3 Å². The second-order valence-corrected chi connectivity index (χ2v) is 8.62. The average Bonchev–Trinajstić information content (AvgIpc) is 2.82. The number of carbonyl (C=O) groups excluding carboxylic acids is 2. The number of hydrogen-bond donors (Lipinski definition) is 0. The van der Waals surface area contributed by atoms with Crippen LogP contribution in [0.5, 0.6) is 0 Å². The van der Waals surface area contributed by atoms with Gasteiger partial charge in [-0.05, 0) is 50.7 Å². The molecule has 30 heavy (non-hydrogen) atoms. The lowest BCUT2D eigenvalue weighted by Crippen LogP contribution is -2.40. The van der Waals surface area contributed by atoms with E-state index in [2.05, 4.69) is 38.1 Å². The molecule has 0 radical (unpaired) electrons. The largest absolute Gasteiger partial charge is 0.339 e. The Morgan fingerprint density at radius 3 is 1.27 bits per heavy atom. The summed E-state index contributed by atoms with van der Waals surface area (Å²) in [6.07, 6.45) is 3.15. The smallest absolute Gasteiger partial charge is 0.225 e. The number of nitrogens with zero attached hydrogens (tertiary/aromatic N) is 2. The van der Waals surface area contributed by atoms with Gasteiger partial charge in [-0.15, -0.1) is 0 Å². The van der Waals surface area contributed by atoms with Crippen molar-refractivity contribution in [3.05, 3.63) is 71.8 Å². The van der Waals surface area contributed by atoms with Gasteiger partial charge >= 0.3 is 0 Å². The standard InChI is InChI=1S/C26H34N2O2/c1-19(21-11-7-5-8-12-21)27(3)25(29)23-15-17-24(18-16-23)26(30)28(4)20(2)22-13-9-6-10-14-22/h5-14,19-20,23-24H,15-18H2,1-4H3/t19-,20+,23?,24?. The Balaban J connectivity index is 1.55. The summed E-state index contributed by atoms with van der Waals surface area (Å²) in [5.74, 6) is 0.427. The first-order valence-electron chi connectivity index (χ1n) is 11.0. The van der Waals surface area contributed by atoms with Crippen molar-refractivity contribution in [2.75, 3.05) is 14.1 Å². The molecule has 0 saturated heterocycles. The van der Waals surface area contributed by atoms with E-state index in [0.29, 0.717) is 0 Å². The minimum Gasteiger partial charge on any atom is -0.339 e. The molecular weight excluding hydrogens is 372 g/mol. The van der Waals surface area contributed by atoms with Crippen LogP contribution in [0.3, 0.4) is 0 Å². The monoisotopic (exact) mass is 406 g/mol. The molecule has 1 saturated carbocycles. The van der Waals surface area contributed by atoms with Gasteiger partial charge in [-0.2, -0.15) is 0 Å². The van der Waals surface area contributed by atoms with Gasteiger partial charge in [-0.3, -0.25) is 9.59 Å². The van der Waals surface area contributed by atoms with Gasteiger partial charge in [0.1, 0.15) is 0 Å². The van der Waals surface area contributed by atoms with Crippen LogP contribution in [-0.2, 0) is 9.59 Å². The van der Waals surface area contributed by atoms with Crippen molar-refractivity contribution in [2.24, 2.45) is 11.8 Å². The predicted octanol–water partition coefficient (Wildman–Crippen LogP) is 5.23. The maximum absolute atomic E-state index is 13.0. The molecule has 0 bridgehead atoms. The highest BCUT2D eigenvalue weighted by molar-refractivity contribution is 5.81. The van der Waals surface area contributed by atoms with Gasteiger partial charge in [0, 0.05) is 25.9 Å². The molecule has 1 aliphatic rings. The summed E-state index contributed by atoms with van der Waals surface area (Å²) in [5.41, 5.74) is 2.29. The fraction of sp³-hybridized carbons (Fsp3) is 0.462. The second kappa shape index (κ2) is 9.92. The van der Waals surface area contributed by atoms with Crippen LogP contribution in [-0.4, -0.2) is 35.7 Å². The lowest BCUT2D eigenvalue weighted by Gasteiger charge is -2.35. The molecule has 0 heterocycles. The topological polar surface area (TPSA) is 40.6 Å². The van der Waals surface area contributed by atoms with Crippen LogP contribution in [0.25, 0.3) is 0 Å². The molecule has 3 rings (SSSR count). The molecule has 2 aromatic carbocycles. The van der Waals surface area contributed by atoms with Crippen molar-refractivity contribution in [2.45, 2.75) is 51.6 Å². The molecule has 4 nitrogen and oxygen atoms in total. The van der Waals surface area contributed by atoms with E-state index in [-0.39, 0.29) is 35.7 Å². The summed E-state index contributed by atoms with van der Waals surface area (Å²) >= 11 is 0. The summed E-state index contributed by atoms with van der Waals surface area (Å²) in [7, 11) is 3.79. The van der Waals surface area contributed by atoms with Crippen molar-refractivity contribution >= 4 is 11.8 Å². The fourth-order valence-electron chi connectivity index (χ4n) is 4.46. The van der Waals surface area contributed by atoms with Crippen LogP contribution >= 0.6 is 0 Å². The predicted molar refractivity (Wildman–Crippen MR) is 121 cm³/mol. The van der Waals surface area contributed by atoms with Crippen LogP contribution in [0.2, 0.25) is 0 Å². The van der Waals surface area contributed by atoms with Crippen molar-refractivity contribution in [3.63, 3.8) is 0 Å². The number of hydrogen-bond acceptors (Lipinski definition) is 2. The maximum Gasteiger partial charge on any atom is 0.225 e. The van der Waals surface area contributed by atoms with Crippen LogP contribution < -0.4 is 0 Å². The first-order valence-corrected chi connectivity index (χ1v) is 11.0. The van der Waals surface area contributed by atoms with Crippen LogP contribution in [0.1, 0.15) is 62.7 Å². The molecule has 2 aromatic rings. The van der Waals surface area contributed by atoms with Gasteiger partial charge in [0.05, 0.1) is 12.1 Å². The second-order valence-electron chi connectivity index (χ2n) is 8.62. The fourth-order valence-corrected chi connectivity index (χ4v) is 4.46. The molecule has 0 spiro atoms. The molecule has 4 heteroatoms. The third kappa shape index (κ3) is 4.92. The number of amides is 2. The van der Waals surface area contributed by atoms with Gasteiger partial charge in [0.2, 0.25) is 11.8 Å². The molecule has 0 aliphatic heterocycles. The number of benzene rings is 2. The van der Waals surface area contributed by atoms with Crippen molar-refractivity contribution in [3.8, 4) is 0 Å². The zero-order chi connectivity index (χ0) is 21.7. The van der Waals surface area contributed by atoms with E-state index < -0.39 is 0 Å². The minimum absolute atomic E-state index is 0.0158. The quantitative estimate of drug-likeness (QED) is 0.659. The van der Waals surface area contributed by atoms with Gasteiger partial charge in [0.15, 0.2) is 0 Å². The van der Waals surface area contributed by atoms with Gasteiger partial charge in [0.25, 0.3) is 0 Å². The molecule has 1 aliphatic carbocycles. The Morgan fingerprint density at radius 1 is 0.667 bits per heavy atom. The third-order valence-electron chi connectivity index (χ3n) is 6.85. The zero-order valence-electron chi connectivity index (χ0n) is 18.6.